The van der Waals surface area contributed by atoms with Crippen LogP contribution in [-0.4, -0.2) is 25.1 Å². The third-order valence-corrected chi connectivity index (χ3v) is 4.02. The highest BCUT2D eigenvalue weighted by molar-refractivity contribution is 5.95. The van der Waals surface area contributed by atoms with Crippen molar-refractivity contribution in [3.8, 4) is 11.5 Å². The molecule has 0 saturated carbocycles. The number of esters is 1. The number of alkyl halides is 2. The Morgan fingerprint density at radius 3 is 2.32 bits per heavy atom. The van der Waals surface area contributed by atoms with Crippen molar-refractivity contribution in [1.29, 1.82) is 0 Å². The molecule has 0 saturated heterocycles. The van der Waals surface area contributed by atoms with Gasteiger partial charge in [-0.05, 0) is 48.0 Å². The van der Waals surface area contributed by atoms with E-state index < -0.39 is 25.1 Å². The van der Waals surface area contributed by atoms with Crippen molar-refractivity contribution in [3.63, 3.8) is 0 Å². The van der Waals surface area contributed by atoms with Gasteiger partial charge in [-0.1, -0.05) is 36.4 Å². The number of hydrogen-bond acceptors (Lipinski definition) is 5. The Labute approximate surface area is 177 Å². The van der Waals surface area contributed by atoms with Gasteiger partial charge in [-0.2, -0.15) is 8.78 Å². The molecule has 3 aromatic rings. The summed E-state index contributed by atoms with van der Waals surface area (Å²) in [6, 6.07) is 21.4. The number of rotatable bonds is 9. The molecule has 0 bridgehead atoms. The summed E-state index contributed by atoms with van der Waals surface area (Å²) in [5, 5.41) is 2.50. The number of nitrogens with one attached hydrogen (secondary N) is 1. The Hall–Kier alpha value is -3.94. The van der Waals surface area contributed by atoms with Crippen LogP contribution in [0.5, 0.6) is 11.5 Å². The van der Waals surface area contributed by atoms with Crippen LogP contribution in [0.1, 0.15) is 15.9 Å². The molecule has 0 aromatic heterocycles. The normalized spacial score (nSPS) is 10.4. The van der Waals surface area contributed by atoms with Gasteiger partial charge in [0, 0.05) is 5.69 Å². The zero-order valence-electron chi connectivity index (χ0n) is 16.3. The molecule has 0 unspecified atom stereocenters. The molecule has 6 nitrogen and oxygen atoms in total. The highest BCUT2D eigenvalue weighted by Gasteiger charge is 2.12. The van der Waals surface area contributed by atoms with E-state index in [4.69, 9.17) is 9.47 Å². The molecule has 1 amide bonds. The average Bonchev–Trinajstić information content (AvgIpc) is 2.78. The Kier molecular flexibility index (Phi) is 7.53. The van der Waals surface area contributed by atoms with E-state index in [1.807, 2.05) is 30.3 Å². The molecular weight excluding hydrogens is 408 g/mol. The van der Waals surface area contributed by atoms with E-state index in [-0.39, 0.29) is 11.3 Å². The predicted octanol–water partition coefficient (Wildman–Crippen LogP) is 4.66. The number of anilines is 1. The van der Waals surface area contributed by atoms with E-state index in [2.05, 4.69) is 10.1 Å². The number of benzene rings is 3. The molecule has 3 aromatic carbocycles. The summed E-state index contributed by atoms with van der Waals surface area (Å²) in [7, 11) is 0. The maximum Gasteiger partial charge on any atom is 0.387 e. The summed E-state index contributed by atoms with van der Waals surface area (Å²) in [5.41, 5.74) is 1.58. The van der Waals surface area contributed by atoms with Gasteiger partial charge in [-0.15, -0.1) is 0 Å². The minimum atomic E-state index is -2.93. The molecule has 0 aliphatic heterocycles. The van der Waals surface area contributed by atoms with Gasteiger partial charge in [0.05, 0.1) is 5.56 Å². The predicted molar refractivity (Wildman–Crippen MR) is 109 cm³/mol. The number of carbonyl (C=O) groups excluding carboxylic acids is 2. The molecule has 0 spiro atoms. The van der Waals surface area contributed by atoms with Gasteiger partial charge in [0.2, 0.25) is 0 Å². The van der Waals surface area contributed by atoms with E-state index in [1.165, 1.54) is 30.3 Å². The molecule has 0 radical (unpaired) electrons. The van der Waals surface area contributed by atoms with Gasteiger partial charge in [0.25, 0.3) is 5.91 Å². The van der Waals surface area contributed by atoms with Crippen molar-refractivity contribution < 1.29 is 32.6 Å². The first-order valence-electron chi connectivity index (χ1n) is 9.28. The molecule has 3 rings (SSSR count). The fourth-order valence-electron chi connectivity index (χ4n) is 2.58. The van der Waals surface area contributed by atoms with E-state index in [9.17, 15) is 18.4 Å². The van der Waals surface area contributed by atoms with Gasteiger partial charge in [0.1, 0.15) is 18.1 Å². The number of amides is 1. The van der Waals surface area contributed by atoms with Crippen LogP contribution in [0.3, 0.4) is 0 Å². The van der Waals surface area contributed by atoms with E-state index in [0.29, 0.717) is 18.0 Å². The second-order valence-electron chi connectivity index (χ2n) is 6.33. The van der Waals surface area contributed by atoms with Crippen molar-refractivity contribution >= 4 is 17.6 Å². The van der Waals surface area contributed by atoms with Crippen molar-refractivity contribution in [2.45, 2.75) is 13.2 Å². The van der Waals surface area contributed by atoms with Crippen LogP contribution in [0.4, 0.5) is 14.5 Å². The first kappa shape index (κ1) is 21.8. The lowest BCUT2D eigenvalue weighted by atomic mass is 10.2. The Balaban J connectivity index is 1.48. The minimum Gasteiger partial charge on any atom is -0.489 e. The van der Waals surface area contributed by atoms with E-state index >= 15 is 0 Å². The van der Waals surface area contributed by atoms with Crippen molar-refractivity contribution in [3.05, 3.63) is 90.0 Å². The van der Waals surface area contributed by atoms with E-state index in [0.717, 1.165) is 5.56 Å². The topological polar surface area (TPSA) is 73.9 Å². The lowest BCUT2D eigenvalue weighted by Gasteiger charge is -2.09. The summed E-state index contributed by atoms with van der Waals surface area (Å²) in [4.78, 5) is 24.2. The van der Waals surface area contributed by atoms with Crippen LogP contribution in [-0.2, 0) is 16.1 Å². The maximum absolute atomic E-state index is 12.2. The third kappa shape index (κ3) is 7.11. The molecule has 31 heavy (non-hydrogen) atoms. The summed E-state index contributed by atoms with van der Waals surface area (Å²) in [6.07, 6.45) is 0. The number of carbonyl (C=O) groups is 2. The van der Waals surface area contributed by atoms with Crippen molar-refractivity contribution in [1.82, 2.24) is 0 Å². The molecule has 0 heterocycles. The van der Waals surface area contributed by atoms with Gasteiger partial charge >= 0.3 is 12.6 Å². The molecule has 0 aliphatic rings. The molecule has 160 valence electrons. The SMILES string of the molecule is O=C(COC(=O)c1cccc(OCc2ccccc2)c1)Nc1ccc(OC(F)F)cc1. The smallest absolute Gasteiger partial charge is 0.387 e. The van der Waals surface area contributed by atoms with Gasteiger partial charge in [-0.3, -0.25) is 4.79 Å². The van der Waals surface area contributed by atoms with Crippen LogP contribution >= 0.6 is 0 Å². The average molecular weight is 427 g/mol. The monoisotopic (exact) mass is 427 g/mol. The van der Waals surface area contributed by atoms with Crippen LogP contribution in [0.15, 0.2) is 78.9 Å². The highest BCUT2D eigenvalue weighted by Crippen LogP contribution is 2.18. The van der Waals surface area contributed by atoms with Crippen LogP contribution in [0.2, 0.25) is 0 Å². The van der Waals surface area contributed by atoms with Crippen LogP contribution < -0.4 is 14.8 Å². The third-order valence-electron chi connectivity index (χ3n) is 4.02. The number of hydrogen-bond donors (Lipinski definition) is 1. The molecule has 8 heteroatoms. The maximum atomic E-state index is 12.2. The summed E-state index contributed by atoms with van der Waals surface area (Å²) in [6.45, 7) is -3.09. The molecular formula is C23H19F2NO5. The summed E-state index contributed by atoms with van der Waals surface area (Å²) in [5.74, 6) is -0.795. The quantitative estimate of drug-likeness (QED) is 0.503. The van der Waals surface area contributed by atoms with Crippen LogP contribution in [0, 0.1) is 0 Å². The Bertz CT molecular complexity index is 1010. The van der Waals surface area contributed by atoms with Gasteiger partial charge in [0.15, 0.2) is 6.61 Å². The summed E-state index contributed by atoms with van der Waals surface area (Å²) < 4.78 is 39.2. The van der Waals surface area contributed by atoms with Crippen molar-refractivity contribution in [2.75, 3.05) is 11.9 Å². The standard InChI is InChI=1S/C23H19F2NO5/c24-23(25)31-19-11-9-18(10-12-19)26-21(27)15-30-22(28)17-7-4-8-20(13-17)29-14-16-5-2-1-3-6-16/h1-13,23H,14-15H2,(H,26,27). The minimum absolute atomic E-state index is 0.0335. The second kappa shape index (κ2) is 10.7. The second-order valence-corrected chi connectivity index (χ2v) is 6.33. The first-order valence-corrected chi connectivity index (χ1v) is 9.28. The zero-order valence-corrected chi connectivity index (χ0v) is 16.3. The Morgan fingerprint density at radius 2 is 1.61 bits per heavy atom. The lowest BCUT2D eigenvalue weighted by Crippen LogP contribution is -2.20. The fourth-order valence-corrected chi connectivity index (χ4v) is 2.58. The van der Waals surface area contributed by atoms with E-state index in [1.54, 1.807) is 18.2 Å². The number of halogens is 2. The molecule has 0 atom stereocenters. The Morgan fingerprint density at radius 1 is 0.871 bits per heavy atom. The highest BCUT2D eigenvalue weighted by atomic mass is 19.3. The number of ether oxygens (including phenoxy) is 3. The van der Waals surface area contributed by atoms with Crippen LogP contribution in [0.25, 0.3) is 0 Å². The molecule has 0 fully saturated rings. The zero-order chi connectivity index (χ0) is 22.1. The van der Waals surface area contributed by atoms with Gasteiger partial charge < -0.3 is 19.5 Å². The summed E-state index contributed by atoms with van der Waals surface area (Å²) >= 11 is 0. The molecule has 0 aliphatic carbocycles. The van der Waals surface area contributed by atoms with Crippen molar-refractivity contribution in [2.24, 2.45) is 0 Å². The molecule has 1 N–H and O–H groups in total. The lowest BCUT2D eigenvalue weighted by molar-refractivity contribution is -0.119. The first-order chi connectivity index (χ1) is 15.0. The van der Waals surface area contributed by atoms with Gasteiger partial charge in [-0.25, -0.2) is 4.79 Å². The fraction of sp³-hybridized carbons (Fsp3) is 0.130. The largest absolute Gasteiger partial charge is 0.489 e.